The second-order valence-corrected chi connectivity index (χ2v) is 4.73. The Kier molecular flexibility index (Phi) is 3.62. The molecule has 1 aliphatic carbocycles. The average Bonchev–Trinajstić information content (AvgIpc) is 2.03. The summed E-state index contributed by atoms with van der Waals surface area (Å²) >= 11 is 1.79. The van der Waals surface area contributed by atoms with Gasteiger partial charge < -0.3 is 10.5 Å². The highest BCUT2D eigenvalue weighted by atomic mass is 32.2. The van der Waals surface area contributed by atoms with Crippen LogP contribution in [0.5, 0.6) is 0 Å². The maximum Gasteiger partial charge on any atom is 0.307 e. The number of nitrogens with two attached hydrogens (primary N) is 1. The van der Waals surface area contributed by atoms with Gasteiger partial charge in [0.15, 0.2) is 0 Å². The molecule has 1 saturated carbocycles. The molecule has 1 atom stereocenters. The van der Waals surface area contributed by atoms with Crippen LogP contribution in [0.15, 0.2) is 0 Å². The number of esters is 1. The van der Waals surface area contributed by atoms with Crippen molar-refractivity contribution in [3.05, 3.63) is 0 Å². The van der Waals surface area contributed by atoms with Crippen molar-refractivity contribution in [2.75, 3.05) is 13.4 Å². The molecule has 0 saturated heterocycles. The van der Waals surface area contributed by atoms with Crippen LogP contribution in [0.25, 0.3) is 0 Å². The molecule has 13 heavy (non-hydrogen) atoms. The fraction of sp³-hybridized carbons (Fsp3) is 0.889. The van der Waals surface area contributed by atoms with Crippen LogP contribution in [0.3, 0.4) is 0 Å². The Morgan fingerprint density at radius 3 is 2.62 bits per heavy atom. The first-order valence-electron chi connectivity index (χ1n) is 4.52. The minimum absolute atomic E-state index is 0.0521. The third kappa shape index (κ3) is 2.17. The molecule has 0 aromatic carbocycles. The van der Waals surface area contributed by atoms with Crippen molar-refractivity contribution in [3.63, 3.8) is 0 Å². The standard InChI is InChI=1S/C9H17NO2S/c1-12-8(11)6-7(10)9(13-2)4-3-5-9/h7H,3-6,10H2,1-2H3. The third-order valence-electron chi connectivity index (χ3n) is 2.90. The first-order chi connectivity index (χ1) is 6.14. The zero-order chi connectivity index (χ0) is 9.90. The van der Waals surface area contributed by atoms with Gasteiger partial charge in [-0.2, -0.15) is 11.8 Å². The molecule has 0 spiro atoms. The van der Waals surface area contributed by atoms with Gasteiger partial charge in [0.2, 0.25) is 0 Å². The topological polar surface area (TPSA) is 52.3 Å². The number of carbonyl (C=O) groups excluding carboxylic acids is 1. The summed E-state index contributed by atoms with van der Waals surface area (Å²) in [6.07, 6.45) is 5.90. The van der Waals surface area contributed by atoms with Crippen LogP contribution < -0.4 is 5.73 Å². The van der Waals surface area contributed by atoms with E-state index in [9.17, 15) is 4.79 Å². The van der Waals surface area contributed by atoms with Crippen LogP contribution in [0.2, 0.25) is 0 Å². The molecule has 0 amide bonds. The highest BCUT2D eigenvalue weighted by Gasteiger charge is 2.42. The van der Waals surface area contributed by atoms with Gasteiger partial charge in [0.25, 0.3) is 0 Å². The van der Waals surface area contributed by atoms with Crippen LogP contribution in [0.1, 0.15) is 25.7 Å². The SMILES string of the molecule is COC(=O)CC(N)C1(SC)CCC1. The highest BCUT2D eigenvalue weighted by Crippen LogP contribution is 2.45. The molecule has 0 bridgehead atoms. The van der Waals surface area contributed by atoms with Crippen molar-refractivity contribution in [2.24, 2.45) is 5.73 Å². The van der Waals surface area contributed by atoms with Crippen LogP contribution in [0, 0.1) is 0 Å². The Labute approximate surface area is 83.4 Å². The second-order valence-electron chi connectivity index (χ2n) is 3.51. The van der Waals surface area contributed by atoms with Crippen molar-refractivity contribution >= 4 is 17.7 Å². The number of ether oxygens (including phenoxy) is 1. The quantitative estimate of drug-likeness (QED) is 0.697. The van der Waals surface area contributed by atoms with Crippen LogP contribution in [0.4, 0.5) is 0 Å². The average molecular weight is 203 g/mol. The number of rotatable bonds is 4. The molecule has 1 aliphatic rings. The lowest BCUT2D eigenvalue weighted by Gasteiger charge is -2.44. The van der Waals surface area contributed by atoms with Crippen molar-refractivity contribution < 1.29 is 9.53 Å². The third-order valence-corrected chi connectivity index (χ3v) is 4.42. The monoisotopic (exact) mass is 203 g/mol. The van der Waals surface area contributed by atoms with E-state index in [2.05, 4.69) is 11.0 Å². The molecule has 0 aromatic heterocycles. The van der Waals surface area contributed by atoms with E-state index in [0.717, 1.165) is 12.8 Å². The first kappa shape index (κ1) is 10.9. The number of thioether (sulfide) groups is 1. The van der Waals surface area contributed by atoms with E-state index in [-0.39, 0.29) is 16.8 Å². The molecular formula is C9H17NO2S. The maximum atomic E-state index is 11.0. The fourth-order valence-corrected chi connectivity index (χ4v) is 2.78. The van der Waals surface area contributed by atoms with Crippen LogP contribution in [-0.4, -0.2) is 30.1 Å². The Hall–Kier alpha value is -0.220. The van der Waals surface area contributed by atoms with Crippen LogP contribution in [-0.2, 0) is 9.53 Å². The van der Waals surface area contributed by atoms with Gasteiger partial charge >= 0.3 is 5.97 Å². The number of hydrogen-bond donors (Lipinski definition) is 1. The summed E-state index contributed by atoms with van der Waals surface area (Å²) in [4.78, 5) is 11.0. The second kappa shape index (κ2) is 4.33. The summed E-state index contributed by atoms with van der Waals surface area (Å²) in [5, 5.41) is 0. The van der Waals surface area contributed by atoms with Crippen molar-refractivity contribution in [2.45, 2.75) is 36.5 Å². The number of hydrogen-bond acceptors (Lipinski definition) is 4. The van der Waals surface area contributed by atoms with Gasteiger partial charge in [-0.05, 0) is 19.1 Å². The van der Waals surface area contributed by atoms with Gasteiger partial charge in [-0.25, -0.2) is 0 Å². The largest absolute Gasteiger partial charge is 0.469 e. The molecule has 4 heteroatoms. The van der Waals surface area contributed by atoms with Gasteiger partial charge in [-0.15, -0.1) is 0 Å². The summed E-state index contributed by atoms with van der Waals surface area (Å²) in [6.45, 7) is 0. The highest BCUT2D eigenvalue weighted by molar-refractivity contribution is 8.00. The minimum Gasteiger partial charge on any atom is -0.469 e. The Bertz CT molecular complexity index is 187. The lowest BCUT2D eigenvalue weighted by atomic mass is 9.78. The molecule has 76 valence electrons. The molecular weight excluding hydrogens is 186 g/mol. The van der Waals surface area contributed by atoms with E-state index in [1.807, 2.05) is 0 Å². The number of carbonyl (C=O) groups is 1. The van der Waals surface area contributed by atoms with Gasteiger partial charge in [-0.3, -0.25) is 4.79 Å². The van der Waals surface area contributed by atoms with Gasteiger partial charge in [0, 0.05) is 10.8 Å². The summed E-state index contributed by atoms with van der Waals surface area (Å²) < 4.78 is 4.75. The normalized spacial score (nSPS) is 21.8. The van der Waals surface area contributed by atoms with Gasteiger partial charge in [0.1, 0.15) is 0 Å². The van der Waals surface area contributed by atoms with E-state index < -0.39 is 0 Å². The predicted molar refractivity (Wildman–Crippen MR) is 54.7 cm³/mol. The minimum atomic E-state index is -0.201. The van der Waals surface area contributed by atoms with E-state index in [4.69, 9.17) is 5.73 Å². The van der Waals surface area contributed by atoms with E-state index >= 15 is 0 Å². The van der Waals surface area contributed by atoms with Crippen molar-refractivity contribution in [1.82, 2.24) is 0 Å². The molecule has 3 nitrogen and oxygen atoms in total. The Balaban J connectivity index is 2.45. The molecule has 0 radical (unpaired) electrons. The lowest BCUT2D eigenvalue weighted by molar-refractivity contribution is -0.141. The fourth-order valence-electron chi connectivity index (χ4n) is 1.70. The Morgan fingerprint density at radius 2 is 2.31 bits per heavy atom. The Morgan fingerprint density at radius 1 is 1.69 bits per heavy atom. The van der Waals surface area contributed by atoms with E-state index in [0.29, 0.717) is 6.42 Å². The van der Waals surface area contributed by atoms with E-state index in [1.165, 1.54) is 13.5 Å². The molecule has 0 aromatic rings. The molecule has 0 heterocycles. The van der Waals surface area contributed by atoms with E-state index in [1.54, 1.807) is 11.8 Å². The van der Waals surface area contributed by atoms with Crippen molar-refractivity contribution in [1.29, 1.82) is 0 Å². The van der Waals surface area contributed by atoms with Crippen LogP contribution >= 0.6 is 11.8 Å². The molecule has 1 fully saturated rings. The summed E-state index contributed by atoms with van der Waals surface area (Å²) in [5.41, 5.74) is 5.98. The lowest BCUT2D eigenvalue weighted by Crippen LogP contribution is -2.51. The molecule has 1 unspecified atom stereocenters. The molecule has 2 N–H and O–H groups in total. The van der Waals surface area contributed by atoms with Crippen molar-refractivity contribution in [3.8, 4) is 0 Å². The smallest absolute Gasteiger partial charge is 0.307 e. The number of methoxy groups -OCH3 is 1. The first-order valence-corrected chi connectivity index (χ1v) is 5.74. The predicted octanol–water partition coefficient (Wildman–Crippen LogP) is 1.16. The molecule has 0 aliphatic heterocycles. The molecule has 1 rings (SSSR count). The zero-order valence-corrected chi connectivity index (χ0v) is 9.02. The summed E-state index contributed by atoms with van der Waals surface area (Å²) in [7, 11) is 1.40. The maximum absolute atomic E-state index is 11.0. The van der Waals surface area contributed by atoms with Gasteiger partial charge in [-0.1, -0.05) is 6.42 Å². The summed E-state index contributed by atoms with van der Waals surface area (Å²) in [5.74, 6) is -0.201. The van der Waals surface area contributed by atoms with Gasteiger partial charge in [0.05, 0.1) is 13.5 Å². The zero-order valence-electron chi connectivity index (χ0n) is 8.21. The summed E-state index contributed by atoms with van der Waals surface area (Å²) in [6, 6.07) is -0.0521.